The van der Waals surface area contributed by atoms with Gasteiger partial charge < -0.3 is 9.64 Å². The Labute approximate surface area is 141 Å². The molecule has 0 bridgehead atoms. The van der Waals surface area contributed by atoms with Gasteiger partial charge in [-0.05, 0) is 29.6 Å². The second-order valence-electron chi connectivity index (χ2n) is 4.42. The molecule has 21 heavy (non-hydrogen) atoms. The van der Waals surface area contributed by atoms with E-state index < -0.39 is 0 Å². The number of methoxy groups -OCH3 is 1. The van der Waals surface area contributed by atoms with E-state index in [4.69, 9.17) is 16.3 Å². The molecule has 1 heterocycles. The number of amides is 1. The zero-order valence-corrected chi connectivity index (χ0v) is 14.7. The fraction of sp³-hybridized carbons (Fsp3) is 0.267. The van der Waals surface area contributed by atoms with E-state index in [9.17, 15) is 4.79 Å². The monoisotopic (exact) mass is 387 g/mol. The van der Waals surface area contributed by atoms with Crippen LogP contribution in [0.1, 0.15) is 15.2 Å². The van der Waals surface area contributed by atoms with Crippen molar-refractivity contribution in [3.8, 4) is 0 Å². The van der Waals surface area contributed by atoms with Crippen molar-refractivity contribution in [3.63, 3.8) is 0 Å². The summed E-state index contributed by atoms with van der Waals surface area (Å²) in [6, 6.07) is 9.28. The van der Waals surface area contributed by atoms with Gasteiger partial charge in [-0.1, -0.05) is 33.6 Å². The number of halogens is 2. The molecule has 0 fully saturated rings. The molecule has 0 radical (unpaired) electrons. The van der Waals surface area contributed by atoms with Crippen LogP contribution in [0.25, 0.3) is 0 Å². The smallest absolute Gasteiger partial charge is 0.255 e. The van der Waals surface area contributed by atoms with E-state index in [1.54, 1.807) is 35.5 Å². The summed E-state index contributed by atoms with van der Waals surface area (Å²) in [5.74, 6) is -0.0910. The Hall–Kier alpha value is -0.880. The molecular weight excluding hydrogens is 374 g/mol. The lowest BCUT2D eigenvalue weighted by molar-refractivity contribution is 0.0682. The molecule has 3 nitrogen and oxygen atoms in total. The van der Waals surface area contributed by atoms with E-state index in [1.807, 2.05) is 23.6 Å². The van der Waals surface area contributed by atoms with E-state index in [1.165, 1.54) is 0 Å². The minimum Gasteiger partial charge on any atom is -0.383 e. The molecular formula is C15H15BrClNO2S. The van der Waals surface area contributed by atoms with Gasteiger partial charge >= 0.3 is 0 Å². The third kappa shape index (κ3) is 4.54. The summed E-state index contributed by atoms with van der Waals surface area (Å²) in [5.41, 5.74) is 0.499. The quantitative estimate of drug-likeness (QED) is 0.731. The van der Waals surface area contributed by atoms with E-state index in [0.29, 0.717) is 30.3 Å². The molecule has 112 valence electrons. The van der Waals surface area contributed by atoms with Gasteiger partial charge in [-0.3, -0.25) is 4.79 Å². The summed E-state index contributed by atoms with van der Waals surface area (Å²) in [7, 11) is 1.62. The highest BCUT2D eigenvalue weighted by Gasteiger charge is 2.19. The van der Waals surface area contributed by atoms with Crippen molar-refractivity contribution in [1.29, 1.82) is 0 Å². The first-order valence-corrected chi connectivity index (χ1v) is 8.42. The Bertz CT molecular complexity index is 604. The van der Waals surface area contributed by atoms with Gasteiger partial charge in [0.15, 0.2) is 0 Å². The molecule has 0 saturated carbocycles. The fourth-order valence-corrected chi connectivity index (χ4v) is 3.16. The van der Waals surface area contributed by atoms with E-state index in [-0.39, 0.29) is 5.91 Å². The van der Waals surface area contributed by atoms with Crippen LogP contribution in [-0.2, 0) is 11.3 Å². The molecule has 0 atom stereocenters. The van der Waals surface area contributed by atoms with Gasteiger partial charge in [-0.25, -0.2) is 0 Å². The molecule has 1 amide bonds. The molecule has 0 spiro atoms. The van der Waals surface area contributed by atoms with Gasteiger partial charge in [0.05, 0.1) is 23.7 Å². The first kappa shape index (κ1) is 16.5. The number of thiophene rings is 1. The lowest BCUT2D eigenvalue weighted by atomic mass is 10.2. The lowest BCUT2D eigenvalue weighted by Crippen LogP contribution is -2.33. The van der Waals surface area contributed by atoms with E-state index in [0.717, 1.165) is 9.35 Å². The zero-order chi connectivity index (χ0) is 15.2. The van der Waals surface area contributed by atoms with E-state index in [2.05, 4.69) is 15.9 Å². The van der Waals surface area contributed by atoms with Crippen LogP contribution in [0.3, 0.4) is 0 Å². The molecule has 0 N–H and O–H groups in total. The molecule has 2 rings (SSSR count). The second-order valence-corrected chi connectivity index (χ2v) is 6.78. The largest absolute Gasteiger partial charge is 0.383 e. The third-order valence-corrected chi connectivity index (χ3v) is 4.62. The highest BCUT2D eigenvalue weighted by molar-refractivity contribution is 9.10. The number of ether oxygens (including phenoxy) is 1. The van der Waals surface area contributed by atoms with Crippen molar-refractivity contribution < 1.29 is 9.53 Å². The highest BCUT2D eigenvalue weighted by Crippen LogP contribution is 2.23. The second kappa shape index (κ2) is 7.94. The minimum absolute atomic E-state index is 0.0910. The number of carbonyl (C=O) groups is 1. The van der Waals surface area contributed by atoms with Gasteiger partial charge in [0.2, 0.25) is 0 Å². The summed E-state index contributed by atoms with van der Waals surface area (Å²) >= 11 is 11.2. The predicted octanol–water partition coefficient (Wildman–Crippen LogP) is 4.45. The molecule has 2 aromatic rings. The van der Waals surface area contributed by atoms with Crippen molar-refractivity contribution >= 4 is 44.8 Å². The molecule has 0 aliphatic heterocycles. The zero-order valence-electron chi connectivity index (χ0n) is 11.5. The maximum atomic E-state index is 12.7. The van der Waals surface area contributed by atoms with Gasteiger partial charge in [-0.2, -0.15) is 0 Å². The van der Waals surface area contributed by atoms with Crippen LogP contribution in [-0.4, -0.2) is 31.1 Å². The SMILES string of the molecule is COCCN(Cc1cccs1)C(=O)c1cc(Br)ccc1Cl. The average molecular weight is 389 g/mol. The lowest BCUT2D eigenvalue weighted by Gasteiger charge is -2.22. The Kier molecular flexibility index (Phi) is 6.23. The molecule has 0 aliphatic rings. The first-order chi connectivity index (χ1) is 10.1. The minimum atomic E-state index is -0.0910. The number of hydrogen-bond donors (Lipinski definition) is 0. The van der Waals surface area contributed by atoms with Gasteiger partial charge in [0.25, 0.3) is 5.91 Å². The van der Waals surface area contributed by atoms with Crippen LogP contribution in [0.15, 0.2) is 40.2 Å². The number of hydrogen-bond acceptors (Lipinski definition) is 3. The van der Waals surface area contributed by atoms with Crippen LogP contribution in [0.4, 0.5) is 0 Å². The fourth-order valence-electron chi connectivity index (χ4n) is 1.88. The van der Waals surface area contributed by atoms with Crippen molar-refractivity contribution in [2.75, 3.05) is 20.3 Å². The van der Waals surface area contributed by atoms with Crippen LogP contribution in [0.2, 0.25) is 5.02 Å². The third-order valence-electron chi connectivity index (χ3n) is 2.94. The van der Waals surface area contributed by atoms with Gasteiger partial charge in [0, 0.05) is 23.0 Å². The Balaban J connectivity index is 2.22. The Morgan fingerprint density at radius 1 is 1.43 bits per heavy atom. The summed E-state index contributed by atoms with van der Waals surface area (Å²) in [5, 5.41) is 2.46. The molecule has 0 saturated heterocycles. The average Bonchev–Trinajstić information content (AvgIpc) is 2.98. The van der Waals surface area contributed by atoms with Crippen molar-refractivity contribution in [2.45, 2.75) is 6.54 Å². The van der Waals surface area contributed by atoms with Crippen LogP contribution >= 0.6 is 38.9 Å². The molecule has 1 aromatic heterocycles. The maximum Gasteiger partial charge on any atom is 0.255 e. The Morgan fingerprint density at radius 3 is 2.90 bits per heavy atom. The van der Waals surface area contributed by atoms with Crippen molar-refractivity contribution in [3.05, 3.63) is 55.6 Å². The summed E-state index contributed by atoms with van der Waals surface area (Å²) in [6.07, 6.45) is 0. The molecule has 0 aliphatic carbocycles. The number of benzene rings is 1. The summed E-state index contributed by atoms with van der Waals surface area (Å²) in [6.45, 7) is 1.57. The first-order valence-electron chi connectivity index (χ1n) is 6.37. The van der Waals surface area contributed by atoms with Crippen LogP contribution in [0.5, 0.6) is 0 Å². The van der Waals surface area contributed by atoms with Gasteiger partial charge in [-0.15, -0.1) is 11.3 Å². The number of rotatable bonds is 6. The van der Waals surface area contributed by atoms with Crippen LogP contribution in [0, 0.1) is 0 Å². The number of carbonyl (C=O) groups excluding carboxylic acids is 1. The summed E-state index contributed by atoms with van der Waals surface area (Å²) < 4.78 is 5.93. The normalized spacial score (nSPS) is 10.6. The van der Waals surface area contributed by atoms with Gasteiger partial charge in [0.1, 0.15) is 0 Å². The molecule has 6 heteroatoms. The summed E-state index contributed by atoms with van der Waals surface area (Å²) in [4.78, 5) is 15.6. The molecule has 1 aromatic carbocycles. The van der Waals surface area contributed by atoms with Crippen molar-refractivity contribution in [2.24, 2.45) is 0 Å². The predicted molar refractivity (Wildman–Crippen MR) is 90.1 cm³/mol. The van der Waals surface area contributed by atoms with E-state index >= 15 is 0 Å². The topological polar surface area (TPSA) is 29.5 Å². The molecule has 0 unspecified atom stereocenters. The maximum absolute atomic E-state index is 12.7. The Morgan fingerprint density at radius 2 is 2.24 bits per heavy atom. The standard InChI is InChI=1S/C15H15BrClNO2S/c1-20-7-6-18(10-12-3-2-8-21-12)15(19)13-9-11(16)4-5-14(13)17/h2-5,8-9H,6-7,10H2,1H3. The van der Waals surface area contributed by atoms with Crippen molar-refractivity contribution in [1.82, 2.24) is 4.90 Å². The highest BCUT2D eigenvalue weighted by atomic mass is 79.9. The van der Waals surface area contributed by atoms with Crippen LogP contribution < -0.4 is 0 Å². The number of nitrogens with zero attached hydrogens (tertiary/aromatic N) is 1.